The zero-order valence-corrected chi connectivity index (χ0v) is 20.3. The number of rotatable bonds is 11. The van der Waals surface area contributed by atoms with E-state index >= 15 is 0 Å². The van der Waals surface area contributed by atoms with Gasteiger partial charge in [-0.15, -0.1) is 0 Å². The van der Waals surface area contributed by atoms with Crippen molar-refractivity contribution in [1.82, 2.24) is 9.88 Å². The fraction of sp³-hybridized carbons (Fsp3) is 0.407. The first kappa shape index (κ1) is 24.5. The number of ether oxygens (including phenoxy) is 1. The molecule has 3 rings (SSSR count). The van der Waals surface area contributed by atoms with Crippen LogP contribution in [0, 0.1) is 0 Å². The van der Waals surface area contributed by atoms with Crippen LogP contribution in [0.15, 0.2) is 60.8 Å². The molecule has 0 saturated heterocycles. The van der Waals surface area contributed by atoms with Crippen molar-refractivity contribution in [2.24, 2.45) is 0 Å². The van der Waals surface area contributed by atoms with Gasteiger partial charge in [-0.3, -0.25) is 9.88 Å². The maximum absolute atomic E-state index is 13.6. The summed E-state index contributed by atoms with van der Waals surface area (Å²) in [6, 6.07) is 17.3. The Morgan fingerprint density at radius 2 is 1.76 bits per heavy atom. The van der Waals surface area contributed by atoms with Crippen molar-refractivity contribution in [2.45, 2.75) is 46.6 Å². The molecule has 0 aliphatic carbocycles. The van der Waals surface area contributed by atoms with Gasteiger partial charge in [0.25, 0.3) is 0 Å². The number of anilines is 2. The minimum absolute atomic E-state index is 0.0223. The summed E-state index contributed by atoms with van der Waals surface area (Å²) in [6.07, 6.45) is 3.71. The van der Waals surface area contributed by atoms with Crippen LogP contribution in [0.25, 0.3) is 10.9 Å². The molecule has 0 aliphatic heterocycles. The summed E-state index contributed by atoms with van der Waals surface area (Å²) in [7, 11) is 0. The molecular weight excluding hydrogens is 412 g/mol. The van der Waals surface area contributed by atoms with E-state index < -0.39 is 0 Å². The number of benzene rings is 2. The van der Waals surface area contributed by atoms with Crippen molar-refractivity contribution in [1.29, 1.82) is 0 Å². The van der Waals surface area contributed by atoms with E-state index in [0.29, 0.717) is 6.61 Å². The Balaban J connectivity index is 1.85. The lowest BCUT2D eigenvalue weighted by atomic mass is 10.1. The summed E-state index contributed by atoms with van der Waals surface area (Å²) in [5.74, 6) is 0.789. The quantitative estimate of drug-likeness (QED) is 0.380. The van der Waals surface area contributed by atoms with Crippen LogP contribution in [0.5, 0.6) is 5.75 Å². The van der Waals surface area contributed by atoms with Gasteiger partial charge in [-0.2, -0.15) is 0 Å². The van der Waals surface area contributed by atoms with E-state index in [1.165, 1.54) is 0 Å². The molecule has 1 atom stereocenters. The largest absolute Gasteiger partial charge is 0.494 e. The van der Waals surface area contributed by atoms with Crippen LogP contribution < -0.4 is 15.0 Å². The fourth-order valence-corrected chi connectivity index (χ4v) is 4.10. The molecule has 0 aliphatic rings. The van der Waals surface area contributed by atoms with E-state index in [2.05, 4.69) is 36.0 Å². The predicted octanol–water partition coefficient (Wildman–Crippen LogP) is 6.18. The molecule has 1 aromatic heterocycles. The first-order valence-corrected chi connectivity index (χ1v) is 12.0. The average Bonchev–Trinajstić information content (AvgIpc) is 2.83. The SMILES string of the molecule is CCOc1ccc(NC(=O)N(c2ccnc3ccccc23)C(C)CCCN(CC)CC)cc1. The smallest absolute Gasteiger partial charge is 0.326 e. The Labute approximate surface area is 197 Å². The van der Waals surface area contributed by atoms with Gasteiger partial charge in [0, 0.05) is 23.3 Å². The van der Waals surface area contributed by atoms with Gasteiger partial charge in [-0.05, 0) is 82.7 Å². The Morgan fingerprint density at radius 3 is 2.45 bits per heavy atom. The number of hydrogen-bond donors (Lipinski definition) is 1. The monoisotopic (exact) mass is 448 g/mol. The third-order valence-electron chi connectivity index (χ3n) is 5.95. The van der Waals surface area contributed by atoms with Gasteiger partial charge in [0.05, 0.1) is 17.8 Å². The summed E-state index contributed by atoms with van der Waals surface area (Å²) in [5, 5.41) is 4.05. The molecule has 2 amide bonds. The van der Waals surface area contributed by atoms with Crippen molar-refractivity contribution in [3.05, 3.63) is 60.8 Å². The predicted molar refractivity (Wildman–Crippen MR) is 137 cm³/mol. The third kappa shape index (κ3) is 6.45. The molecule has 0 saturated carbocycles. The second kappa shape index (κ2) is 12.2. The highest BCUT2D eigenvalue weighted by Crippen LogP contribution is 2.29. The van der Waals surface area contributed by atoms with Crippen LogP contribution >= 0.6 is 0 Å². The van der Waals surface area contributed by atoms with Crippen molar-refractivity contribution < 1.29 is 9.53 Å². The molecule has 3 aromatic rings. The second-order valence-electron chi connectivity index (χ2n) is 8.12. The van der Waals surface area contributed by atoms with Crippen LogP contribution in [0.4, 0.5) is 16.2 Å². The number of pyridine rings is 1. The first-order valence-electron chi connectivity index (χ1n) is 12.0. The maximum atomic E-state index is 13.6. The number of nitrogens with one attached hydrogen (secondary N) is 1. The van der Waals surface area contributed by atoms with Gasteiger partial charge in [0.2, 0.25) is 0 Å². The number of amides is 2. The van der Waals surface area contributed by atoms with E-state index in [1.54, 1.807) is 6.20 Å². The molecule has 0 bridgehead atoms. The normalized spacial score (nSPS) is 12.0. The molecule has 0 fully saturated rings. The summed E-state index contributed by atoms with van der Waals surface area (Å²) >= 11 is 0. The second-order valence-corrected chi connectivity index (χ2v) is 8.12. The van der Waals surface area contributed by atoms with Crippen LogP contribution in [-0.4, -0.2) is 48.2 Å². The van der Waals surface area contributed by atoms with Gasteiger partial charge in [-0.1, -0.05) is 32.0 Å². The van der Waals surface area contributed by atoms with Crippen molar-refractivity contribution in [3.8, 4) is 5.75 Å². The Hall–Kier alpha value is -3.12. The third-order valence-corrected chi connectivity index (χ3v) is 5.95. The summed E-state index contributed by atoms with van der Waals surface area (Å²) in [6.45, 7) is 12.2. The maximum Gasteiger partial charge on any atom is 0.326 e. The highest BCUT2D eigenvalue weighted by atomic mass is 16.5. The Bertz CT molecular complexity index is 1010. The standard InChI is InChI=1S/C27H36N4O2/c1-5-30(6-2)20-10-11-21(4)31(26-18-19-28-25-13-9-8-12-24(25)26)27(32)29-22-14-16-23(17-15-22)33-7-3/h8-9,12-19,21H,5-7,10-11,20H2,1-4H3,(H,29,32). The molecule has 1 heterocycles. The highest BCUT2D eigenvalue weighted by Gasteiger charge is 2.24. The van der Waals surface area contributed by atoms with Gasteiger partial charge in [-0.25, -0.2) is 4.79 Å². The zero-order valence-electron chi connectivity index (χ0n) is 20.3. The molecule has 33 heavy (non-hydrogen) atoms. The van der Waals surface area contributed by atoms with Gasteiger partial charge < -0.3 is 15.0 Å². The molecule has 0 spiro atoms. The van der Waals surface area contributed by atoms with Crippen molar-refractivity contribution in [3.63, 3.8) is 0 Å². The molecular formula is C27H36N4O2. The van der Waals surface area contributed by atoms with Gasteiger partial charge in [0.15, 0.2) is 0 Å². The first-order chi connectivity index (χ1) is 16.1. The summed E-state index contributed by atoms with van der Waals surface area (Å²) in [5.41, 5.74) is 2.49. The zero-order chi connectivity index (χ0) is 23.6. The number of nitrogens with zero attached hydrogens (tertiary/aromatic N) is 3. The molecule has 1 unspecified atom stereocenters. The van der Waals surface area contributed by atoms with Gasteiger partial charge in [0.1, 0.15) is 5.75 Å². The number of aromatic nitrogens is 1. The van der Waals surface area contributed by atoms with Crippen LogP contribution in [0.3, 0.4) is 0 Å². The molecule has 6 nitrogen and oxygen atoms in total. The molecule has 6 heteroatoms. The van der Waals surface area contributed by atoms with E-state index in [4.69, 9.17) is 4.74 Å². The minimum Gasteiger partial charge on any atom is -0.494 e. The van der Waals surface area contributed by atoms with Crippen molar-refractivity contribution in [2.75, 3.05) is 36.5 Å². The topological polar surface area (TPSA) is 57.7 Å². The lowest BCUT2D eigenvalue weighted by Gasteiger charge is -2.31. The summed E-state index contributed by atoms with van der Waals surface area (Å²) < 4.78 is 5.52. The van der Waals surface area contributed by atoms with Crippen molar-refractivity contribution >= 4 is 28.3 Å². The molecule has 0 radical (unpaired) electrons. The Morgan fingerprint density at radius 1 is 1.03 bits per heavy atom. The number of urea groups is 1. The lowest BCUT2D eigenvalue weighted by molar-refractivity contribution is 0.253. The van der Waals surface area contributed by atoms with E-state index in [-0.39, 0.29) is 12.1 Å². The summed E-state index contributed by atoms with van der Waals surface area (Å²) in [4.78, 5) is 22.3. The number of carbonyl (C=O) groups excluding carboxylic acids is 1. The van der Waals surface area contributed by atoms with Crippen LogP contribution in [0.2, 0.25) is 0 Å². The number of fused-ring (bicyclic) bond motifs is 1. The molecule has 176 valence electrons. The van der Waals surface area contributed by atoms with Gasteiger partial charge >= 0.3 is 6.03 Å². The van der Waals surface area contributed by atoms with Crippen LogP contribution in [-0.2, 0) is 0 Å². The number of hydrogen-bond acceptors (Lipinski definition) is 4. The average molecular weight is 449 g/mol. The van der Waals surface area contributed by atoms with Crippen LogP contribution in [0.1, 0.15) is 40.5 Å². The minimum atomic E-state index is -0.147. The highest BCUT2D eigenvalue weighted by molar-refractivity contribution is 6.07. The molecule has 2 aromatic carbocycles. The molecule has 1 N–H and O–H groups in total. The Kier molecular flexibility index (Phi) is 9.07. The number of carbonyl (C=O) groups is 1. The lowest BCUT2D eigenvalue weighted by Crippen LogP contribution is -2.42. The van der Waals surface area contributed by atoms with E-state index in [9.17, 15) is 4.79 Å². The number of para-hydroxylation sites is 1. The van der Waals surface area contributed by atoms with E-state index in [1.807, 2.05) is 66.4 Å². The fourth-order valence-electron chi connectivity index (χ4n) is 4.10. The van der Waals surface area contributed by atoms with E-state index in [0.717, 1.165) is 60.5 Å².